The fourth-order valence-corrected chi connectivity index (χ4v) is 2.63. The average Bonchev–Trinajstić information content (AvgIpc) is 2.75. The third-order valence-electron chi connectivity index (χ3n) is 4.03. The van der Waals surface area contributed by atoms with Crippen LogP contribution in [0.5, 0.6) is 28.7 Å². The highest BCUT2D eigenvalue weighted by Crippen LogP contribution is 2.38. The Morgan fingerprint density at radius 1 is 0.964 bits per heavy atom. The molecule has 28 heavy (non-hydrogen) atoms. The molecular weight excluding hydrogens is 368 g/mol. The lowest BCUT2D eigenvalue weighted by Gasteiger charge is -2.25. The van der Waals surface area contributed by atoms with E-state index in [4.69, 9.17) is 23.7 Å². The minimum absolute atomic E-state index is 0.0307. The summed E-state index contributed by atoms with van der Waals surface area (Å²) in [7, 11) is 4.35. The number of nitrogens with one attached hydrogen (secondary N) is 2. The second-order valence-electron chi connectivity index (χ2n) is 5.72. The predicted octanol–water partition coefficient (Wildman–Crippen LogP) is 1.31. The first kappa shape index (κ1) is 19.2. The molecule has 0 saturated carbocycles. The van der Waals surface area contributed by atoms with Gasteiger partial charge in [0.1, 0.15) is 6.61 Å². The van der Waals surface area contributed by atoms with Crippen LogP contribution in [0.3, 0.4) is 0 Å². The lowest BCUT2D eigenvalue weighted by atomic mass is 10.1. The molecule has 1 atom stereocenters. The van der Waals surface area contributed by atoms with Crippen molar-refractivity contribution in [3.05, 3.63) is 42.0 Å². The van der Waals surface area contributed by atoms with Gasteiger partial charge in [0.2, 0.25) is 11.9 Å². The van der Waals surface area contributed by atoms with Gasteiger partial charge in [-0.2, -0.15) is 0 Å². The number of carbonyl (C=O) groups excluding carboxylic acids is 2. The molecule has 2 N–H and O–H groups in total. The van der Waals surface area contributed by atoms with E-state index < -0.39 is 17.9 Å². The van der Waals surface area contributed by atoms with Crippen LogP contribution in [-0.4, -0.2) is 45.9 Å². The van der Waals surface area contributed by atoms with Crippen LogP contribution >= 0.6 is 0 Å². The highest BCUT2D eigenvalue weighted by Gasteiger charge is 2.27. The van der Waals surface area contributed by atoms with Crippen LogP contribution in [0, 0.1) is 0 Å². The van der Waals surface area contributed by atoms with E-state index in [0.29, 0.717) is 28.7 Å². The Hall–Kier alpha value is -3.62. The van der Waals surface area contributed by atoms with E-state index in [1.165, 1.54) is 33.5 Å². The third kappa shape index (κ3) is 3.88. The Kier molecular flexibility index (Phi) is 5.73. The summed E-state index contributed by atoms with van der Waals surface area (Å²) in [6.45, 7) is 0.0307. The summed E-state index contributed by atoms with van der Waals surface area (Å²) in [6.07, 6.45) is -0.893. The number of methoxy groups -OCH3 is 3. The molecule has 3 rings (SSSR count). The van der Waals surface area contributed by atoms with Gasteiger partial charge in [0.25, 0.3) is 11.8 Å². The SMILES string of the molecule is COc1cc(C(=O)NNC(=O)[C@@H]2COc3ccccc3O2)cc(OC)c1OC. The molecule has 1 heterocycles. The zero-order valence-corrected chi connectivity index (χ0v) is 15.6. The van der Waals surface area contributed by atoms with E-state index in [1.807, 2.05) is 0 Å². The molecule has 1 aliphatic heterocycles. The summed E-state index contributed by atoms with van der Waals surface area (Å²) in [6, 6.07) is 9.96. The number of rotatable bonds is 5. The van der Waals surface area contributed by atoms with Gasteiger partial charge in [-0.15, -0.1) is 0 Å². The average molecular weight is 388 g/mol. The van der Waals surface area contributed by atoms with Gasteiger partial charge in [0.05, 0.1) is 21.3 Å². The van der Waals surface area contributed by atoms with Crippen molar-refractivity contribution < 1.29 is 33.3 Å². The molecule has 9 heteroatoms. The lowest BCUT2D eigenvalue weighted by molar-refractivity contribution is -0.131. The van der Waals surface area contributed by atoms with Crippen LogP contribution in [0.15, 0.2) is 36.4 Å². The Morgan fingerprint density at radius 3 is 2.21 bits per heavy atom. The Labute approximate surface area is 161 Å². The van der Waals surface area contributed by atoms with Crippen molar-refractivity contribution in [1.29, 1.82) is 0 Å². The van der Waals surface area contributed by atoms with Crippen molar-refractivity contribution in [2.75, 3.05) is 27.9 Å². The maximum Gasteiger partial charge on any atom is 0.283 e. The van der Waals surface area contributed by atoms with Crippen molar-refractivity contribution in [1.82, 2.24) is 10.9 Å². The Morgan fingerprint density at radius 2 is 1.61 bits per heavy atom. The van der Waals surface area contributed by atoms with Crippen molar-refractivity contribution in [3.63, 3.8) is 0 Å². The van der Waals surface area contributed by atoms with Gasteiger partial charge in [0, 0.05) is 5.56 Å². The first-order chi connectivity index (χ1) is 13.6. The van der Waals surface area contributed by atoms with Crippen LogP contribution in [0.2, 0.25) is 0 Å². The molecule has 2 amide bonds. The summed E-state index contributed by atoms with van der Waals surface area (Å²) in [5.74, 6) is 0.910. The molecule has 1 aliphatic rings. The zero-order valence-electron chi connectivity index (χ0n) is 15.6. The molecule has 0 spiro atoms. The molecule has 2 aromatic carbocycles. The van der Waals surface area contributed by atoms with Crippen molar-refractivity contribution in [2.24, 2.45) is 0 Å². The molecule has 0 saturated heterocycles. The van der Waals surface area contributed by atoms with Crippen molar-refractivity contribution >= 4 is 11.8 Å². The number of ether oxygens (including phenoxy) is 5. The fourth-order valence-electron chi connectivity index (χ4n) is 2.63. The Balaban J connectivity index is 1.65. The quantitative estimate of drug-likeness (QED) is 0.744. The fraction of sp³-hybridized carbons (Fsp3) is 0.263. The molecule has 0 fully saturated rings. The molecule has 2 aromatic rings. The van der Waals surface area contributed by atoms with Crippen LogP contribution < -0.4 is 34.5 Å². The predicted molar refractivity (Wildman–Crippen MR) is 98.1 cm³/mol. The molecule has 0 radical (unpaired) electrons. The van der Waals surface area contributed by atoms with E-state index in [9.17, 15) is 9.59 Å². The monoisotopic (exact) mass is 388 g/mol. The second kappa shape index (κ2) is 8.38. The second-order valence-corrected chi connectivity index (χ2v) is 5.72. The van der Waals surface area contributed by atoms with Gasteiger partial charge >= 0.3 is 0 Å². The minimum atomic E-state index is -0.893. The van der Waals surface area contributed by atoms with E-state index >= 15 is 0 Å². The van der Waals surface area contributed by atoms with Gasteiger partial charge in [-0.3, -0.25) is 20.4 Å². The summed E-state index contributed by atoms with van der Waals surface area (Å²) in [5, 5.41) is 0. The number of benzene rings is 2. The first-order valence-corrected chi connectivity index (χ1v) is 8.36. The van der Waals surface area contributed by atoms with Gasteiger partial charge in [-0.05, 0) is 24.3 Å². The third-order valence-corrected chi connectivity index (χ3v) is 4.03. The smallest absolute Gasteiger partial charge is 0.283 e. The van der Waals surface area contributed by atoms with E-state index in [1.54, 1.807) is 24.3 Å². The maximum atomic E-state index is 12.4. The summed E-state index contributed by atoms with van der Waals surface area (Å²) >= 11 is 0. The summed E-state index contributed by atoms with van der Waals surface area (Å²) in [5.41, 5.74) is 4.87. The van der Waals surface area contributed by atoms with Crippen molar-refractivity contribution in [2.45, 2.75) is 6.10 Å². The van der Waals surface area contributed by atoms with Gasteiger partial charge in [0.15, 0.2) is 23.0 Å². The van der Waals surface area contributed by atoms with Crippen LogP contribution in [0.25, 0.3) is 0 Å². The molecule has 148 valence electrons. The number of para-hydroxylation sites is 2. The van der Waals surface area contributed by atoms with Crippen LogP contribution in [0.4, 0.5) is 0 Å². The minimum Gasteiger partial charge on any atom is -0.493 e. The van der Waals surface area contributed by atoms with Crippen LogP contribution in [0.1, 0.15) is 10.4 Å². The standard InChI is InChI=1S/C19H20N2O7/c1-24-14-8-11(9-15(25-2)17(14)26-3)18(22)20-21-19(23)16-10-27-12-6-4-5-7-13(12)28-16/h4-9,16H,10H2,1-3H3,(H,20,22)(H,21,23)/t16-/m0/s1. The largest absolute Gasteiger partial charge is 0.493 e. The van der Waals surface area contributed by atoms with Crippen molar-refractivity contribution in [3.8, 4) is 28.7 Å². The van der Waals surface area contributed by atoms with E-state index in [-0.39, 0.29) is 12.2 Å². The summed E-state index contributed by atoms with van der Waals surface area (Å²) in [4.78, 5) is 24.7. The van der Waals surface area contributed by atoms with Gasteiger partial charge in [-0.1, -0.05) is 12.1 Å². The number of fused-ring (bicyclic) bond motifs is 1. The highest BCUT2D eigenvalue weighted by atomic mass is 16.6. The molecule has 0 aromatic heterocycles. The van der Waals surface area contributed by atoms with Gasteiger partial charge in [-0.25, -0.2) is 0 Å². The Bertz CT molecular complexity index is 859. The highest BCUT2D eigenvalue weighted by molar-refractivity contribution is 5.97. The van der Waals surface area contributed by atoms with Crippen LogP contribution in [-0.2, 0) is 4.79 Å². The molecule has 0 aliphatic carbocycles. The topological polar surface area (TPSA) is 104 Å². The molecular formula is C19H20N2O7. The molecule has 0 unspecified atom stereocenters. The van der Waals surface area contributed by atoms with E-state index in [2.05, 4.69) is 10.9 Å². The first-order valence-electron chi connectivity index (χ1n) is 8.36. The normalized spacial score (nSPS) is 14.6. The van der Waals surface area contributed by atoms with Gasteiger partial charge < -0.3 is 23.7 Å². The number of hydrazine groups is 1. The summed E-state index contributed by atoms with van der Waals surface area (Å²) < 4.78 is 26.7. The zero-order chi connectivity index (χ0) is 20.1. The lowest BCUT2D eigenvalue weighted by Crippen LogP contribution is -2.50. The number of hydrogen-bond donors (Lipinski definition) is 2. The van der Waals surface area contributed by atoms with E-state index in [0.717, 1.165) is 0 Å². The number of carbonyl (C=O) groups is 2. The maximum absolute atomic E-state index is 12.4. The molecule has 9 nitrogen and oxygen atoms in total. The number of amides is 2. The molecule has 0 bridgehead atoms. The number of hydrogen-bond acceptors (Lipinski definition) is 7.